The number of methoxy groups -OCH3 is 1. The predicted octanol–water partition coefficient (Wildman–Crippen LogP) is 2.34. The highest BCUT2D eigenvalue weighted by Crippen LogP contribution is 2.31. The van der Waals surface area contributed by atoms with Gasteiger partial charge < -0.3 is 24.6 Å². The van der Waals surface area contributed by atoms with Gasteiger partial charge >= 0.3 is 6.03 Å². The fourth-order valence-electron chi connectivity index (χ4n) is 3.80. The number of para-hydroxylation sites is 2. The maximum atomic E-state index is 12.4. The van der Waals surface area contributed by atoms with Gasteiger partial charge in [0.1, 0.15) is 5.75 Å². The van der Waals surface area contributed by atoms with Gasteiger partial charge in [0.25, 0.3) is 0 Å². The number of hydrogen-bond acceptors (Lipinski definition) is 4. The summed E-state index contributed by atoms with van der Waals surface area (Å²) in [6.07, 6.45) is 1.28. The fourth-order valence-corrected chi connectivity index (χ4v) is 3.80. The summed E-state index contributed by atoms with van der Waals surface area (Å²) >= 11 is 0. The highest BCUT2D eigenvalue weighted by atomic mass is 16.5. The quantitative estimate of drug-likeness (QED) is 0.908. The second-order valence-corrected chi connectivity index (χ2v) is 7.12. The molecule has 6 nitrogen and oxygen atoms in total. The lowest BCUT2D eigenvalue weighted by molar-refractivity contribution is -0.0545. The minimum absolute atomic E-state index is 0.0257. The van der Waals surface area contributed by atoms with Gasteiger partial charge in [0, 0.05) is 32.7 Å². The first-order chi connectivity index (χ1) is 12.1. The molecule has 1 N–H and O–H groups in total. The number of ether oxygens (including phenoxy) is 2. The van der Waals surface area contributed by atoms with Gasteiger partial charge in [0.05, 0.1) is 25.0 Å². The third-order valence-electron chi connectivity index (χ3n) is 4.96. The monoisotopic (exact) mass is 347 g/mol. The van der Waals surface area contributed by atoms with Crippen LogP contribution in [0.1, 0.15) is 20.3 Å². The van der Waals surface area contributed by atoms with Crippen LogP contribution in [-0.4, -0.2) is 63.0 Å². The molecule has 2 aliphatic rings. The largest absolute Gasteiger partial charge is 0.495 e. The Hall–Kier alpha value is -1.95. The summed E-state index contributed by atoms with van der Waals surface area (Å²) in [6.45, 7) is 7.99. The van der Waals surface area contributed by atoms with Crippen LogP contribution in [0.2, 0.25) is 0 Å². The van der Waals surface area contributed by atoms with Crippen LogP contribution in [0.5, 0.6) is 5.75 Å². The molecule has 1 aromatic rings. The minimum atomic E-state index is 0.0257. The van der Waals surface area contributed by atoms with Crippen molar-refractivity contribution in [2.75, 3.05) is 44.7 Å². The van der Waals surface area contributed by atoms with Crippen molar-refractivity contribution in [1.29, 1.82) is 0 Å². The van der Waals surface area contributed by atoms with E-state index in [0.717, 1.165) is 30.9 Å². The average Bonchev–Trinajstić information content (AvgIpc) is 3.07. The van der Waals surface area contributed by atoms with E-state index in [9.17, 15) is 4.79 Å². The Morgan fingerprint density at radius 2 is 1.96 bits per heavy atom. The molecule has 0 saturated carbocycles. The second-order valence-electron chi connectivity index (χ2n) is 7.12. The molecular formula is C19H29N3O3. The molecule has 3 atom stereocenters. The maximum absolute atomic E-state index is 12.4. The van der Waals surface area contributed by atoms with Crippen LogP contribution in [0.4, 0.5) is 10.5 Å². The van der Waals surface area contributed by atoms with Crippen molar-refractivity contribution in [3.8, 4) is 5.75 Å². The summed E-state index contributed by atoms with van der Waals surface area (Å²) in [6, 6.07) is 8.13. The standard InChI is InChI=1S/C19H29N3O3/c1-14-11-22(12-15(2)25-14)19(23)20-10-16-8-9-21(13-16)17-6-4-5-7-18(17)24-3/h4-7,14-16H,8-13H2,1-3H3,(H,20,23)/t14-,15-,16+/m0/s1. The molecule has 2 aliphatic heterocycles. The molecule has 138 valence electrons. The molecule has 0 aromatic heterocycles. The smallest absolute Gasteiger partial charge is 0.317 e. The molecule has 2 amide bonds. The molecule has 0 aliphatic carbocycles. The van der Waals surface area contributed by atoms with Crippen LogP contribution >= 0.6 is 0 Å². The second kappa shape index (κ2) is 7.95. The van der Waals surface area contributed by atoms with Crippen molar-refractivity contribution in [3.05, 3.63) is 24.3 Å². The Balaban J connectivity index is 1.49. The molecule has 2 fully saturated rings. The lowest BCUT2D eigenvalue weighted by Gasteiger charge is -2.35. The zero-order valence-corrected chi connectivity index (χ0v) is 15.4. The Kier molecular flexibility index (Phi) is 5.68. The van der Waals surface area contributed by atoms with Gasteiger partial charge in [0.15, 0.2) is 0 Å². The van der Waals surface area contributed by atoms with Crippen LogP contribution in [0, 0.1) is 5.92 Å². The third-order valence-corrected chi connectivity index (χ3v) is 4.96. The highest BCUT2D eigenvalue weighted by molar-refractivity contribution is 5.74. The molecule has 0 radical (unpaired) electrons. The van der Waals surface area contributed by atoms with Crippen LogP contribution in [0.15, 0.2) is 24.3 Å². The summed E-state index contributed by atoms with van der Waals surface area (Å²) in [5.41, 5.74) is 1.13. The number of amides is 2. The zero-order valence-electron chi connectivity index (χ0n) is 15.4. The van der Waals surface area contributed by atoms with Crippen molar-refractivity contribution in [2.45, 2.75) is 32.5 Å². The number of hydrogen-bond donors (Lipinski definition) is 1. The van der Waals surface area contributed by atoms with E-state index >= 15 is 0 Å². The molecule has 3 rings (SSSR count). The number of urea groups is 1. The van der Waals surface area contributed by atoms with Gasteiger partial charge in [-0.25, -0.2) is 4.79 Å². The first-order valence-electron chi connectivity index (χ1n) is 9.13. The van der Waals surface area contributed by atoms with E-state index in [1.807, 2.05) is 36.9 Å². The van der Waals surface area contributed by atoms with Gasteiger partial charge in [-0.15, -0.1) is 0 Å². The summed E-state index contributed by atoms with van der Waals surface area (Å²) in [7, 11) is 1.71. The Labute approximate surface area is 150 Å². The van der Waals surface area contributed by atoms with E-state index in [4.69, 9.17) is 9.47 Å². The number of nitrogens with zero attached hydrogens (tertiary/aromatic N) is 2. The number of carbonyl (C=O) groups is 1. The van der Waals surface area contributed by atoms with E-state index in [-0.39, 0.29) is 18.2 Å². The van der Waals surface area contributed by atoms with Gasteiger partial charge in [-0.05, 0) is 38.3 Å². The van der Waals surface area contributed by atoms with Gasteiger partial charge in [-0.1, -0.05) is 12.1 Å². The topological polar surface area (TPSA) is 54.0 Å². The van der Waals surface area contributed by atoms with Gasteiger partial charge in [-0.3, -0.25) is 0 Å². The predicted molar refractivity (Wildman–Crippen MR) is 98.3 cm³/mol. The van der Waals surface area contributed by atoms with Crippen molar-refractivity contribution < 1.29 is 14.3 Å². The minimum Gasteiger partial charge on any atom is -0.495 e. The number of morpholine rings is 1. The Morgan fingerprint density at radius 1 is 1.24 bits per heavy atom. The number of carbonyl (C=O) groups excluding carboxylic acids is 1. The fraction of sp³-hybridized carbons (Fsp3) is 0.632. The van der Waals surface area contributed by atoms with Crippen LogP contribution < -0.4 is 15.0 Å². The molecule has 0 bridgehead atoms. The molecule has 2 saturated heterocycles. The lowest BCUT2D eigenvalue weighted by Crippen LogP contribution is -2.52. The molecule has 0 spiro atoms. The summed E-state index contributed by atoms with van der Waals surface area (Å²) in [5.74, 6) is 1.37. The first-order valence-corrected chi connectivity index (χ1v) is 9.13. The number of benzene rings is 1. The van der Waals surface area contributed by atoms with Crippen molar-refractivity contribution >= 4 is 11.7 Å². The zero-order chi connectivity index (χ0) is 17.8. The van der Waals surface area contributed by atoms with Crippen molar-refractivity contribution in [2.24, 2.45) is 5.92 Å². The van der Waals surface area contributed by atoms with E-state index in [2.05, 4.69) is 16.3 Å². The van der Waals surface area contributed by atoms with Crippen LogP contribution in [-0.2, 0) is 4.74 Å². The molecule has 25 heavy (non-hydrogen) atoms. The van der Waals surface area contributed by atoms with Crippen molar-refractivity contribution in [3.63, 3.8) is 0 Å². The third kappa shape index (κ3) is 4.37. The number of nitrogens with one attached hydrogen (secondary N) is 1. The number of anilines is 1. The normalized spacial score (nSPS) is 26.6. The molecule has 1 aromatic carbocycles. The molecule has 0 unspecified atom stereocenters. The summed E-state index contributed by atoms with van der Waals surface area (Å²) < 4.78 is 11.1. The van der Waals surface area contributed by atoms with Gasteiger partial charge in [0.2, 0.25) is 0 Å². The van der Waals surface area contributed by atoms with Crippen molar-refractivity contribution in [1.82, 2.24) is 10.2 Å². The lowest BCUT2D eigenvalue weighted by atomic mass is 10.1. The highest BCUT2D eigenvalue weighted by Gasteiger charge is 2.28. The van der Waals surface area contributed by atoms with Crippen LogP contribution in [0.3, 0.4) is 0 Å². The van der Waals surface area contributed by atoms with E-state index in [0.29, 0.717) is 25.6 Å². The van der Waals surface area contributed by atoms with Gasteiger partial charge in [-0.2, -0.15) is 0 Å². The van der Waals surface area contributed by atoms with E-state index in [1.54, 1.807) is 7.11 Å². The SMILES string of the molecule is COc1ccccc1N1CC[C@H](CNC(=O)N2C[C@H](C)O[C@@H](C)C2)C1. The molecular weight excluding hydrogens is 318 g/mol. The van der Waals surface area contributed by atoms with E-state index in [1.165, 1.54) is 0 Å². The first kappa shape index (κ1) is 17.9. The van der Waals surface area contributed by atoms with Crippen LogP contribution in [0.25, 0.3) is 0 Å². The summed E-state index contributed by atoms with van der Waals surface area (Å²) in [4.78, 5) is 16.6. The Morgan fingerprint density at radius 3 is 2.68 bits per heavy atom. The maximum Gasteiger partial charge on any atom is 0.317 e. The summed E-state index contributed by atoms with van der Waals surface area (Å²) in [5, 5.41) is 3.11. The number of rotatable bonds is 4. The molecule has 2 heterocycles. The molecule has 6 heteroatoms. The Bertz CT molecular complexity index is 585. The van der Waals surface area contributed by atoms with E-state index < -0.39 is 0 Å². The average molecular weight is 347 g/mol.